The maximum atomic E-state index is 12.3. The van der Waals surface area contributed by atoms with Crippen LogP contribution in [0.5, 0.6) is 5.75 Å². The molecule has 1 rings (SSSR count). The number of methoxy groups -OCH3 is 1. The zero-order valence-electron chi connectivity index (χ0n) is 13.9. The van der Waals surface area contributed by atoms with E-state index in [1.54, 1.807) is 0 Å². The normalized spacial score (nSPS) is 10.5. The molecule has 1 N–H and O–H groups in total. The predicted octanol–water partition coefficient (Wildman–Crippen LogP) is 2.54. The molecule has 23 heavy (non-hydrogen) atoms. The Kier molecular flexibility index (Phi) is 7.77. The first kappa shape index (κ1) is 19.2. The number of hydrogen-bond acceptors (Lipinski definition) is 5. The Balaban J connectivity index is 2.88. The van der Waals surface area contributed by atoms with Crippen molar-refractivity contribution < 1.29 is 9.53 Å². The lowest BCUT2D eigenvalue weighted by molar-refractivity contribution is 0.0946. The second-order valence-corrected chi connectivity index (χ2v) is 5.30. The number of benzene rings is 1. The summed E-state index contributed by atoms with van der Waals surface area (Å²) < 4.78 is 5.23. The van der Waals surface area contributed by atoms with E-state index >= 15 is 0 Å². The molecule has 1 amide bonds. The first-order valence-electron chi connectivity index (χ1n) is 7.43. The van der Waals surface area contributed by atoms with E-state index < -0.39 is 0 Å². The average Bonchev–Trinajstić information content (AvgIpc) is 2.57. The Bertz CT molecular complexity index is 550. The standard InChI is InChI=1S/C15H23ClN4O3/c1-5-20(6-2)8-7-17-15(21)11-9-12(16)13(19(3)18-22)10-14(11)23-4/h9-10H,5-8H2,1-4H3,(H,17,21). The van der Waals surface area contributed by atoms with Crippen LogP contribution in [0.25, 0.3) is 0 Å². The van der Waals surface area contributed by atoms with Gasteiger partial charge >= 0.3 is 0 Å². The van der Waals surface area contributed by atoms with Crippen LogP contribution in [0.4, 0.5) is 5.69 Å². The van der Waals surface area contributed by atoms with Crippen LogP contribution >= 0.6 is 11.6 Å². The zero-order valence-corrected chi connectivity index (χ0v) is 14.7. The number of amides is 1. The zero-order chi connectivity index (χ0) is 17.4. The van der Waals surface area contributed by atoms with Gasteiger partial charge in [0.1, 0.15) is 5.75 Å². The van der Waals surface area contributed by atoms with E-state index in [0.29, 0.717) is 23.5 Å². The highest BCUT2D eigenvalue weighted by Gasteiger charge is 2.18. The van der Waals surface area contributed by atoms with Crippen molar-refractivity contribution in [3.8, 4) is 5.75 Å². The number of carbonyl (C=O) groups excluding carboxylic acids is 1. The van der Waals surface area contributed by atoms with Crippen LogP contribution < -0.4 is 15.1 Å². The molecule has 0 saturated carbocycles. The predicted molar refractivity (Wildman–Crippen MR) is 92.3 cm³/mol. The van der Waals surface area contributed by atoms with Crippen LogP contribution in [-0.2, 0) is 0 Å². The van der Waals surface area contributed by atoms with E-state index in [4.69, 9.17) is 16.3 Å². The van der Waals surface area contributed by atoms with E-state index in [9.17, 15) is 9.70 Å². The van der Waals surface area contributed by atoms with Crippen molar-refractivity contribution >= 4 is 23.2 Å². The monoisotopic (exact) mass is 342 g/mol. The van der Waals surface area contributed by atoms with Crippen molar-refractivity contribution in [2.24, 2.45) is 5.29 Å². The van der Waals surface area contributed by atoms with Crippen LogP contribution in [0.2, 0.25) is 5.02 Å². The fourth-order valence-corrected chi connectivity index (χ4v) is 2.43. The fourth-order valence-electron chi connectivity index (χ4n) is 2.14. The molecule has 0 aromatic heterocycles. The third-order valence-electron chi connectivity index (χ3n) is 3.59. The van der Waals surface area contributed by atoms with Gasteiger partial charge in [0.25, 0.3) is 5.91 Å². The fraction of sp³-hybridized carbons (Fsp3) is 0.533. The van der Waals surface area contributed by atoms with Crippen molar-refractivity contribution in [1.29, 1.82) is 0 Å². The Labute approximate surface area is 141 Å². The second-order valence-electron chi connectivity index (χ2n) is 4.89. The summed E-state index contributed by atoms with van der Waals surface area (Å²) in [6, 6.07) is 2.99. The van der Waals surface area contributed by atoms with Crippen LogP contribution in [0, 0.1) is 4.91 Å². The molecule has 7 nitrogen and oxygen atoms in total. The SMILES string of the molecule is CCN(CC)CCNC(=O)c1cc(Cl)c(N(C)N=O)cc1OC. The lowest BCUT2D eigenvalue weighted by atomic mass is 10.1. The minimum absolute atomic E-state index is 0.252. The third kappa shape index (κ3) is 5.07. The summed E-state index contributed by atoms with van der Waals surface area (Å²) in [6.45, 7) is 7.31. The molecular formula is C15H23ClN4O3. The molecule has 0 unspecified atom stereocenters. The van der Waals surface area contributed by atoms with E-state index in [1.165, 1.54) is 26.3 Å². The maximum absolute atomic E-state index is 12.3. The third-order valence-corrected chi connectivity index (χ3v) is 3.90. The summed E-state index contributed by atoms with van der Waals surface area (Å²) in [5.41, 5.74) is 0.693. The molecule has 0 aliphatic heterocycles. The molecule has 0 radical (unpaired) electrons. The number of anilines is 1. The van der Waals surface area contributed by atoms with Gasteiger partial charge in [-0.3, -0.25) is 4.79 Å². The number of carbonyl (C=O) groups is 1. The molecule has 0 saturated heterocycles. The molecule has 1 aromatic carbocycles. The highest BCUT2D eigenvalue weighted by atomic mass is 35.5. The molecule has 0 bridgehead atoms. The molecule has 128 valence electrons. The molecule has 8 heteroatoms. The lowest BCUT2D eigenvalue weighted by Gasteiger charge is -2.19. The van der Waals surface area contributed by atoms with Gasteiger partial charge in [-0.2, -0.15) is 0 Å². The number of likely N-dealkylation sites (N-methyl/N-ethyl adjacent to an activating group) is 1. The summed E-state index contributed by atoms with van der Waals surface area (Å²) in [4.78, 5) is 25.2. The highest BCUT2D eigenvalue weighted by molar-refractivity contribution is 6.33. The van der Waals surface area contributed by atoms with Crippen molar-refractivity contribution in [3.63, 3.8) is 0 Å². The molecule has 0 fully saturated rings. The summed E-state index contributed by atoms with van der Waals surface area (Å²) >= 11 is 6.12. The summed E-state index contributed by atoms with van der Waals surface area (Å²) in [7, 11) is 2.92. The number of nitrogens with one attached hydrogen (secondary N) is 1. The number of halogens is 1. The smallest absolute Gasteiger partial charge is 0.255 e. The van der Waals surface area contributed by atoms with Crippen LogP contribution in [-0.4, -0.2) is 51.1 Å². The topological polar surface area (TPSA) is 74.2 Å². The average molecular weight is 343 g/mol. The van der Waals surface area contributed by atoms with Gasteiger partial charge in [0, 0.05) is 26.2 Å². The molecule has 0 aliphatic carbocycles. The van der Waals surface area contributed by atoms with Crippen molar-refractivity contribution in [2.75, 3.05) is 45.3 Å². The van der Waals surface area contributed by atoms with E-state index in [0.717, 1.165) is 24.6 Å². The van der Waals surface area contributed by atoms with Gasteiger partial charge in [-0.05, 0) is 19.2 Å². The molecule has 0 spiro atoms. The van der Waals surface area contributed by atoms with Gasteiger partial charge in [0.15, 0.2) is 0 Å². The largest absolute Gasteiger partial charge is 0.496 e. The minimum atomic E-state index is -0.274. The van der Waals surface area contributed by atoms with Gasteiger partial charge in [-0.25, -0.2) is 5.01 Å². The second kappa shape index (κ2) is 9.32. The van der Waals surface area contributed by atoms with Crippen LogP contribution in [0.15, 0.2) is 17.4 Å². The summed E-state index contributed by atoms with van der Waals surface area (Å²) in [5, 5.41) is 6.97. The van der Waals surface area contributed by atoms with Gasteiger partial charge in [0.2, 0.25) is 0 Å². The van der Waals surface area contributed by atoms with Gasteiger partial charge in [-0.15, -0.1) is 4.91 Å². The van der Waals surface area contributed by atoms with Gasteiger partial charge < -0.3 is 15.0 Å². The molecule has 0 aliphatic rings. The summed E-state index contributed by atoms with van der Waals surface area (Å²) in [5.74, 6) is 0.0596. The van der Waals surface area contributed by atoms with Gasteiger partial charge in [-0.1, -0.05) is 25.4 Å². The van der Waals surface area contributed by atoms with E-state index in [2.05, 4.69) is 29.4 Å². The number of nitroso groups, excluding NO2 is 1. The first-order chi connectivity index (χ1) is 11.0. The Morgan fingerprint density at radius 2 is 2.00 bits per heavy atom. The van der Waals surface area contributed by atoms with Crippen molar-refractivity contribution in [3.05, 3.63) is 27.6 Å². The quantitative estimate of drug-likeness (QED) is 0.551. The van der Waals surface area contributed by atoms with E-state index in [-0.39, 0.29) is 10.9 Å². The maximum Gasteiger partial charge on any atom is 0.255 e. The van der Waals surface area contributed by atoms with Crippen molar-refractivity contribution in [2.45, 2.75) is 13.8 Å². The molecule has 0 heterocycles. The molecule has 0 atom stereocenters. The summed E-state index contributed by atoms with van der Waals surface area (Å²) in [6.07, 6.45) is 0. The van der Waals surface area contributed by atoms with Gasteiger partial charge in [0.05, 0.1) is 28.7 Å². The van der Waals surface area contributed by atoms with E-state index in [1.807, 2.05) is 0 Å². The number of hydrogen-bond donors (Lipinski definition) is 1. The number of rotatable bonds is 9. The highest BCUT2D eigenvalue weighted by Crippen LogP contribution is 2.33. The Hall–Kier alpha value is -1.86. The van der Waals surface area contributed by atoms with Crippen LogP contribution in [0.3, 0.4) is 0 Å². The number of ether oxygens (including phenoxy) is 1. The Morgan fingerprint density at radius 3 is 2.52 bits per heavy atom. The first-order valence-corrected chi connectivity index (χ1v) is 7.81. The van der Waals surface area contributed by atoms with Crippen LogP contribution in [0.1, 0.15) is 24.2 Å². The lowest BCUT2D eigenvalue weighted by Crippen LogP contribution is -2.35. The molecular weight excluding hydrogens is 320 g/mol. The molecule has 1 aromatic rings. The van der Waals surface area contributed by atoms with Crippen molar-refractivity contribution in [1.82, 2.24) is 10.2 Å². The Morgan fingerprint density at radius 1 is 1.35 bits per heavy atom. The number of nitrogens with zero attached hydrogens (tertiary/aromatic N) is 3. The minimum Gasteiger partial charge on any atom is -0.496 e.